The highest BCUT2D eigenvalue weighted by molar-refractivity contribution is 5.93. The third-order valence-corrected chi connectivity index (χ3v) is 5.15. The lowest BCUT2D eigenvalue weighted by molar-refractivity contribution is -0.134. The maximum atomic E-state index is 12.8. The average Bonchev–Trinajstić information content (AvgIpc) is 2.98. The molecule has 1 heterocycles. The fraction of sp³-hybridized carbons (Fsp3) is 0.529. The van der Waals surface area contributed by atoms with Crippen LogP contribution in [0.3, 0.4) is 0 Å². The van der Waals surface area contributed by atoms with Crippen LogP contribution in [0.1, 0.15) is 41.6 Å². The Bertz CT molecular complexity index is 587. The van der Waals surface area contributed by atoms with Crippen LogP contribution in [0.25, 0.3) is 0 Å². The van der Waals surface area contributed by atoms with Gasteiger partial charge in [0.1, 0.15) is 0 Å². The second-order valence-corrected chi connectivity index (χ2v) is 6.48. The van der Waals surface area contributed by atoms with Gasteiger partial charge in [-0.05, 0) is 43.0 Å². The fourth-order valence-corrected chi connectivity index (χ4v) is 3.88. The number of hydrogen-bond acceptors (Lipinski definition) is 3. The van der Waals surface area contributed by atoms with Gasteiger partial charge in [-0.3, -0.25) is 9.59 Å². The van der Waals surface area contributed by atoms with Crippen LogP contribution < -0.4 is 16.4 Å². The molecule has 0 aromatic heterocycles. The molecule has 4 N–H and O–H groups in total. The van der Waals surface area contributed by atoms with Gasteiger partial charge in [-0.1, -0.05) is 25.0 Å². The van der Waals surface area contributed by atoms with Gasteiger partial charge < -0.3 is 16.4 Å². The van der Waals surface area contributed by atoms with E-state index in [1.54, 1.807) is 18.2 Å². The number of amides is 2. The predicted octanol–water partition coefficient (Wildman–Crippen LogP) is 1.18. The van der Waals surface area contributed by atoms with Crippen LogP contribution in [0, 0.1) is 11.3 Å². The average molecular weight is 301 g/mol. The van der Waals surface area contributed by atoms with E-state index in [0.29, 0.717) is 18.0 Å². The molecule has 0 unspecified atom stereocenters. The Morgan fingerprint density at radius 3 is 3.05 bits per heavy atom. The van der Waals surface area contributed by atoms with Crippen LogP contribution in [-0.2, 0) is 11.3 Å². The SMILES string of the molecule is NC(=O)c1cccc(CNC(=O)[C@@]23CCCC[C@H]2CNC3)c1. The molecule has 0 radical (unpaired) electrons. The molecule has 1 saturated carbocycles. The van der Waals surface area contributed by atoms with E-state index < -0.39 is 5.91 Å². The summed E-state index contributed by atoms with van der Waals surface area (Å²) >= 11 is 0. The zero-order valence-corrected chi connectivity index (χ0v) is 12.7. The summed E-state index contributed by atoms with van der Waals surface area (Å²) in [5.74, 6) is 0.156. The normalized spacial score (nSPS) is 27.2. The van der Waals surface area contributed by atoms with Crippen molar-refractivity contribution in [2.75, 3.05) is 13.1 Å². The van der Waals surface area contributed by atoms with Gasteiger partial charge in [0.2, 0.25) is 11.8 Å². The van der Waals surface area contributed by atoms with E-state index in [4.69, 9.17) is 5.73 Å². The molecule has 2 amide bonds. The van der Waals surface area contributed by atoms with Gasteiger partial charge in [-0.15, -0.1) is 0 Å². The number of hydrogen-bond donors (Lipinski definition) is 3. The van der Waals surface area contributed by atoms with Gasteiger partial charge in [-0.2, -0.15) is 0 Å². The van der Waals surface area contributed by atoms with Crippen molar-refractivity contribution >= 4 is 11.8 Å². The van der Waals surface area contributed by atoms with Crippen LogP contribution in [-0.4, -0.2) is 24.9 Å². The van der Waals surface area contributed by atoms with Gasteiger partial charge in [0.05, 0.1) is 5.41 Å². The lowest BCUT2D eigenvalue weighted by Crippen LogP contribution is -2.47. The zero-order valence-electron chi connectivity index (χ0n) is 12.7. The highest BCUT2D eigenvalue weighted by Crippen LogP contribution is 2.43. The van der Waals surface area contributed by atoms with E-state index in [-0.39, 0.29) is 11.3 Å². The quantitative estimate of drug-likeness (QED) is 0.781. The number of carbonyl (C=O) groups excluding carboxylic acids is 2. The molecule has 118 valence electrons. The van der Waals surface area contributed by atoms with Crippen molar-refractivity contribution in [2.45, 2.75) is 32.2 Å². The smallest absolute Gasteiger partial charge is 0.248 e. The second-order valence-electron chi connectivity index (χ2n) is 6.48. The van der Waals surface area contributed by atoms with Crippen molar-refractivity contribution in [3.63, 3.8) is 0 Å². The Labute approximate surface area is 130 Å². The first-order valence-electron chi connectivity index (χ1n) is 7.99. The molecule has 1 saturated heterocycles. The molecule has 5 heteroatoms. The largest absolute Gasteiger partial charge is 0.366 e. The van der Waals surface area contributed by atoms with Crippen LogP contribution in [0.15, 0.2) is 24.3 Å². The van der Waals surface area contributed by atoms with Gasteiger partial charge >= 0.3 is 0 Å². The summed E-state index contributed by atoms with van der Waals surface area (Å²) in [5, 5.41) is 6.45. The highest BCUT2D eigenvalue weighted by atomic mass is 16.2. The van der Waals surface area contributed by atoms with Crippen molar-refractivity contribution < 1.29 is 9.59 Å². The molecule has 2 atom stereocenters. The number of carbonyl (C=O) groups is 2. The maximum absolute atomic E-state index is 12.8. The lowest BCUT2D eigenvalue weighted by atomic mass is 9.67. The minimum Gasteiger partial charge on any atom is -0.366 e. The molecule has 2 fully saturated rings. The molecule has 3 rings (SSSR count). The number of rotatable bonds is 4. The number of nitrogens with two attached hydrogens (primary N) is 1. The molecule has 1 aromatic carbocycles. The van der Waals surface area contributed by atoms with Crippen molar-refractivity contribution in [3.8, 4) is 0 Å². The highest BCUT2D eigenvalue weighted by Gasteiger charge is 2.49. The minimum atomic E-state index is -0.445. The minimum absolute atomic E-state index is 0.145. The fourth-order valence-electron chi connectivity index (χ4n) is 3.88. The topological polar surface area (TPSA) is 84.2 Å². The first-order chi connectivity index (χ1) is 10.6. The zero-order chi connectivity index (χ0) is 15.6. The summed E-state index contributed by atoms with van der Waals surface area (Å²) < 4.78 is 0. The van der Waals surface area contributed by atoms with Gasteiger partial charge in [-0.25, -0.2) is 0 Å². The Balaban J connectivity index is 1.67. The molecule has 22 heavy (non-hydrogen) atoms. The molecular weight excluding hydrogens is 278 g/mol. The lowest BCUT2D eigenvalue weighted by Gasteiger charge is -2.37. The van der Waals surface area contributed by atoms with E-state index in [1.165, 1.54) is 6.42 Å². The first-order valence-corrected chi connectivity index (χ1v) is 7.99. The molecule has 0 bridgehead atoms. The third-order valence-electron chi connectivity index (χ3n) is 5.15. The summed E-state index contributed by atoms with van der Waals surface area (Å²) in [5.41, 5.74) is 6.43. The van der Waals surface area contributed by atoms with Crippen LogP contribution >= 0.6 is 0 Å². The summed E-state index contributed by atoms with van der Waals surface area (Å²) in [6.45, 7) is 2.17. The van der Waals surface area contributed by atoms with E-state index in [9.17, 15) is 9.59 Å². The van der Waals surface area contributed by atoms with Crippen LogP contribution in [0.2, 0.25) is 0 Å². The third kappa shape index (κ3) is 2.73. The summed E-state index contributed by atoms with van der Waals surface area (Å²) in [4.78, 5) is 24.0. The number of benzene rings is 1. The standard InChI is InChI=1S/C17H23N3O2/c18-15(21)13-5-3-4-12(8-13)9-20-16(22)17-7-2-1-6-14(17)10-19-11-17/h3-5,8,14,19H,1-2,6-7,9-11H2,(H2,18,21)(H,20,22)/t14-,17+/m0/s1. The van der Waals surface area contributed by atoms with Crippen molar-refractivity contribution in [1.82, 2.24) is 10.6 Å². The molecular formula is C17H23N3O2. The van der Waals surface area contributed by atoms with Crippen molar-refractivity contribution in [2.24, 2.45) is 17.1 Å². The Kier molecular flexibility index (Phi) is 4.16. The number of fused-ring (bicyclic) bond motifs is 1. The molecule has 1 aromatic rings. The van der Waals surface area contributed by atoms with Crippen LogP contribution in [0.5, 0.6) is 0 Å². The maximum Gasteiger partial charge on any atom is 0.248 e. The van der Waals surface area contributed by atoms with Crippen molar-refractivity contribution in [1.29, 1.82) is 0 Å². The monoisotopic (exact) mass is 301 g/mol. The summed E-state index contributed by atoms with van der Waals surface area (Å²) in [6, 6.07) is 7.12. The van der Waals surface area contributed by atoms with E-state index in [2.05, 4.69) is 10.6 Å². The Morgan fingerprint density at radius 2 is 2.23 bits per heavy atom. The first kappa shape index (κ1) is 15.0. The number of nitrogens with one attached hydrogen (secondary N) is 2. The molecule has 1 aliphatic heterocycles. The van der Waals surface area contributed by atoms with Gasteiger partial charge in [0.15, 0.2) is 0 Å². The van der Waals surface area contributed by atoms with E-state index in [1.807, 2.05) is 6.07 Å². The van der Waals surface area contributed by atoms with E-state index in [0.717, 1.165) is 37.9 Å². The Hall–Kier alpha value is -1.88. The van der Waals surface area contributed by atoms with Crippen molar-refractivity contribution in [3.05, 3.63) is 35.4 Å². The number of primary amides is 1. The summed E-state index contributed by atoms with van der Waals surface area (Å²) in [6.07, 6.45) is 4.46. The second kappa shape index (κ2) is 6.08. The van der Waals surface area contributed by atoms with E-state index >= 15 is 0 Å². The Morgan fingerprint density at radius 1 is 1.36 bits per heavy atom. The van der Waals surface area contributed by atoms with Crippen LogP contribution in [0.4, 0.5) is 0 Å². The molecule has 5 nitrogen and oxygen atoms in total. The molecule has 2 aliphatic rings. The molecule has 0 spiro atoms. The summed E-state index contributed by atoms with van der Waals surface area (Å²) in [7, 11) is 0. The van der Waals surface area contributed by atoms with Gasteiger partial charge in [0, 0.05) is 18.7 Å². The van der Waals surface area contributed by atoms with Gasteiger partial charge in [0.25, 0.3) is 0 Å². The predicted molar refractivity (Wildman–Crippen MR) is 84.1 cm³/mol. The molecule has 1 aliphatic carbocycles.